The topological polar surface area (TPSA) is 54.0 Å². The first-order chi connectivity index (χ1) is 9.74. The summed E-state index contributed by atoms with van der Waals surface area (Å²) in [5.41, 5.74) is 3.19. The number of aromatic nitrogens is 1. The minimum Gasteiger partial charge on any atom is -0.323 e. The van der Waals surface area contributed by atoms with E-state index in [1.807, 2.05) is 12.1 Å². The van der Waals surface area contributed by atoms with E-state index in [0.717, 1.165) is 36.1 Å². The van der Waals surface area contributed by atoms with Crippen molar-refractivity contribution in [2.24, 2.45) is 5.92 Å². The van der Waals surface area contributed by atoms with Gasteiger partial charge in [0.1, 0.15) is 5.52 Å². The van der Waals surface area contributed by atoms with Gasteiger partial charge in [-0.15, -0.1) is 11.3 Å². The van der Waals surface area contributed by atoms with Gasteiger partial charge in [0.15, 0.2) is 0 Å². The third kappa shape index (κ3) is 2.95. The Bertz CT molecular complexity index is 622. The summed E-state index contributed by atoms with van der Waals surface area (Å²) >= 11 is 7.73. The molecule has 1 fully saturated rings. The first kappa shape index (κ1) is 13.8. The molecule has 0 bridgehead atoms. The molecule has 2 heterocycles. The Kier molecular flexibility index (Phi) is 4.19. The molecule has 2 aromatic rings. The number of piperidine rings is 1. The van der Waals surface area contributed by atoms with Gasteiger partial charge < -0.3 is 10.6 Å². The molecule has 3 rings (SSSR count). The van der Waals surface area contributed by atoms with E-state index in [1.165, 1.54) is 0 Å². The van der Waals surface area contributed by atoms with Crippen molar-refractivity contribution in [2.75, 3.05) is 18.4 Å². The minimum atomic E-state index is 0.0271. The predicted octanol–water partition coefficient (Wildman–Crippen LogP) is 3.28. The zero-order valence-corrected chi connectivity index (χ0v) is 12.6. The zero-order chi connectivity index (χ0) is 13.9. The summed E-state index contributed by atoms with van der Waals surface area (Å²) in [4.78, 5) is 16.5. The number of fused-ring (bicyclic) bond motifs is 1. The summed E-state index contributed by atoms with van der Waals surface area (Å²) in [6, 6.07) is 3.74. The average molecular weight is 310 g/mol. The molecule has 0 unspecified atom stereocenters. The second-order valence-electron chi connectivity index (χ2n) is 5.07. The fraction of sp³-hybridized carbons (Fsp3) is 0.429. The van der Waals surface area contributed by atoms with E-state index < -0.39 is 0 Å². The first-order valence-electron chi connectivity index (χ1n) is 6.76. The lowest BCUT2D eigenvalue weighted by molar-refractivity contribution is -0.117. The Labute approximate surface area is 126 Å². The van der Waals surface area contributed by atoms with E-state index in [9.17, 15) is 4.79 Å². The van der Waals surface area contributed by atoms with Gasteiger partial charge >= 0.3 is 0 Å². The summed E-state index contributed by atoms with van der Waals surface area (Å²) in [6.45, 7) is 2.00. The number of halogens is 1. The van der Waals surface area contributed by atoms with Gasteiger partial charge in [-0.25, -0.2) is 4.98 Å². The van der Waals surface area contributed by atoms with Gasteiger partial charge in [0.05, 0.1) is 20.9 Å². The fourth-order valence-electron chi connectivity index (χ4n) is 2.56. The molecule has 1 aliphatic heterocycles. The van der Waals surface area contributed by atoms with Crippen molar-refractivity contribution in [2.45, 2.75) is 19.3 Å². The third-order valence-electron chi connectivity index (χ3n) is 3.65. The maximum atomic E-state index is 12.2. The van der Waals surface area contributed by atoms with Crippen LogP contribution in [0.5, 0.6) is 0 Å². The number of carbonyl (C=O) groups is 1. The predicted molar refractivity (Wildman–Crippen MR) is 83.5 cm³/mol. The molecule has 1 amide bonds. The molecular formula is C14H16ClN3OS. The van der Waals surface area contributed by atoms with Crippen LogP contribution in [0, 0.1) is 5.92 Å². The van der Waals surface area contributed by atoms with Gasteiger partial charge in [0.2, 0.25) is 5.91 Å². The molecule has 0 spiro atoms. The number of thiazole rings is 1. The molecule has 0 saturated carbocycles. The van der Waals surface area contributed by atoms with Gasteiger partial charge in [-0.1, -0.05) is 11.6 Å². The van der Waals surface area contributed by atoms with E-state index in [-0.39, 0.29) is 5.91 Å². The Hall–Kier alpha value is -1.17. The Morgan fingerprint density at radius 3 is 3.05 bits per heavy atom. The van der Waals surface area contributed by atoms with Crippen molar-refractivity contribution in [3.05, 3.63) is 22.7 Å². The fourth-order valence-corrected chi connectivity index (χ4v) is 3.45. The molecule has 20 heavy (non-hydrogen) atoms. The summed E-state index contributed by atoms with van der Waals surface area (Å²) in [5.74, 6) is 0.490. The van der Waals surface area contributed by atoms with Crippen LogP contribution in [0.15, 0.2) is 17.6 Å². The number of carbonyl (C=O) groups excluding carboxylic acids is 1. The summed E-state index contributed by atoms with van der Waals surface area (Å²) in [5, 5.41) is 6.79. The van der Waals surface area contributed by atoms with Crippen LogP contribution in [0.25, 0.3) is 10.2 Å². The van der Waals surface area contributed by atoms with Crippen molar-refractivity contribution in [3.8, 4) is 0 Å². The lowest BCUT2D eigenvalue weighted by Gasteiger charge is -2.22. The van der Waals surface area contributed by atoms with E-state index in [1.54, 1.807) is 16.8 Å². The molecular weight excluding hydrogens is 294 g/mol. The van der Waals surface area contributed by atoms with Crippen molar-refractivity contribution in [1.82, 2.24) is 10.3 Å². The van der Waals surface area contributed by atoms with Crippen LogP contribution in [0.2, 0.25) is 5.02 Å². The minimum absolute atomic E-state index is 0.0271. The first-order valence-corrected chi connectivity index (χ1v) is 8.02. The van der Waals surface area contributed by atoms with Crippen LogP contribution >= 0.6 is 22.9 Å². The van der Waals surface area contributed by atoms with E-state index >= 15 is 0 Å². The highest BCUT2D eigenvalue weighted by Gasteiger charge is 2.18. The molecule has 1 aromatic heterocycles. The molecule has 0 aliphatic carbocycles. The zero-order valence-electron chi connectivity index (χ0n) is 11.0. The lowest BCUT2D eigenvalue weighted by atomic mass is 9.94. The number of hydrogen-bond acceptors (Lipinski definition) is 4. The lowest BCUT2D eigenvalue weighted by Crippen LogP contribution is -2.30. The second kappa shape index (κ2) is 6.08. The highest BCUT2D eigenvalue weighted by Crippen LogP contribution is 2.32. The number of anilines is 1. The van der Waals surface area contributed by atoms with Gasteiger partial charge in [-0.2, -0.15) is 0 Å². The quantitative estimate of drug-likeness (QED) is 0.915. The number of benzene rings is 1. The summed E-state index contributed by atoms with van der Waals surface area (Å²) in [6.07, 6.45) is 2.67. The molecule has 106 valence electrons. The summed E-state index contributed by atoms with van der Waals surface area (Å²) < 4.78 is 1.03. The number of nitrogens with zero attached hydrogens (tertiary/aromatic N) is 1. The van der Waals surface area contributed by atoms with Crippen LogP contribution in [0.1, 0.15) is 19.3 Å². The van der Waals surface area contributed by atoms with E-state index in [2.05, 4.69) is 15.6 Å². The van der Waals surface area contributed by atoms with E-state index in [0.29, 0.717) is 23.0 Å². The molecule has 6 heteroatoms. The van der Waals surface area contributed by atoms with Crippen molar-refractivity contribution in [3.63, 3.8) is 0 Å². The van der Waals surface area contributed by atoms with E-state index in [4.69, 9.17) is 11.6 Å². The SMILES string of the molecule is O=C(CC1CCNCC1)Nc1c(Cl)ccc2scnc12. The van der Waals surface area contributed by atoms with Crippen molar-refractivity contribution in [1.29, 1.82) is 0 Å². The van der Waals surface area contributed by atoms with Crippen LogP contribution in [0.3, 0.4) is 0 Å². The Morgan fingerprint density at radius 2 is 2.25 bits per heavy atom. The van der Waals surface area contributed by atoms with Gasteiger partial charge in [0, 0.05) is 6.42 Å². The molecule has 2 N–H and O–H groups in total. The molecule has 4 nitrogen and oxygen atoms in total. The average Bonchev–Trinajstić information content (AvgIpc) is 2.92. The number of hydrogen-bond donors (Lipinski definition) is 2. The molecule has 1 saturated heterocycles. The van der Waals surface area contributed by atoms with Crippen LogP contribution in [0.4, 0.5) is 5.69 Å². The highest BCUT2D eigenvalue weighted by atomic mass is 35.5. The standard InChI is InChI=1S/C14H16ClN3OS/c15-10-1-2-11-14(17-8-20-11)13(10)18-12(19)7-9-3-5-16-6-4-9/h1-2,8-9,16H,3-7H2,(H,18,19). The van der Waals surface area contributed by atoms with Crippen molar-refractivity contribution < 1.29 is 4.79 Å². The van der Waals surface area contributed by atoms with Gasteiger partial charge in [0.25, 0.3) is 0 Å². The normalized spacial score (nSPS) is 16.4. The van der Waals surface area contributed by atoms with Gasteiger partial charge in [-0.3, -0.25) is 4.79 Å². The maximum absolute atomic E-state index is 12.2. The van der Waals surface area contributed by atoms with Crippen LogP contribution in [-0.2, 0) is 4.79 Å². The molecule has 1 aromatic carbocycles. The monoisotopic (exact) mass is 309 g/mol. The number of amides is 1. The molecule has 1 aliphatic rings. The third-order valence-corrected chi connectivity index (χ3v) is 4.76. The van der Waals surface area contributed by atoms with Gasteiger partial charge in [-0.05, 0) is 44.0 Å². The van der Waals surface area contributed by atoms with Crippen LogP contribution in [-0.4, -0.2) is 24.0 Å². The van der Waals surface area contributed by atoms with Crippen molar-refractivity contribution >= 4 is 44.7 Å². The Morgan fingerprint density at radius 1 is 1.45 bits per heavy atom. The smallest absolute Gasteiger partial charge is 0.224 e. The highest BCUT2D eigenvalue weighted by molar-refractivity contribution is 7.16. The molecule has 0 atom stereocenters. The second-order valence-corrected chi connectivity index (χ2v) is 6.36. The Balaban J connectivity index is 1.73. The maximum Gasteiger partial charge on any atom is 0.224 e. The summed E-state index contributed by atoms with van der Waals surface area (Å²) in [7, 11) is 0. The van der Waals surface area contributed by atoms with Crippen LogP contribution < -0.4 is 10.6 Å². The largest absolute Gasteiger partial charge is 0.323 e. The molecule has 0 radical (unpaired) electrons. The number of rotatable bonds is 3. The number of nitrogens with one attached hydrogen (secondary N) is 2.